The van der Waals surface area contributed by atoms with Gasteiger partial charge in [0.1, 0.15) is 29.8 Å². The highest BCUT2D eigenvalue weighted by molar-refractivity contribution is 5.61. The molecule has 0 amide bonds. The van der Waals surface area contributed by atoms with Crippen molar-refractivity contribution in [2.45, 2.75) is 12.4 Å². The van der Waals surface area contributed by atoms with Gasteiger partial charge in [0.05, 0.1) is 31.0 Å². The summed E-state index contributed by atoms with van der Waals surface area (Å²) in [5, 5.41) is 10.2. The number of methoxy groups -OCH3 is 2. The van der Waals surface area contributed by atoms with Crippen LogP contribution in [0, 0.1) is 12.3 Å². The SMILES string of the molecule is C#Cc1ccccn1.COc1cc(-c2ncn(/C=C\c3ccccn3)n2)cc(C(F)(F)F)c1.COc1cc(-c2ncn[nH]2)cc(C(F)(F)F)c1. The number of halogens is 6. The molecular formula is C34H26F6N8O2. The summed E-state index contributed by atoms with van der Waals surface area (Å²) in [7, 11) is 2.61. The van der Waals surface area contributed by atoms with Gasteiger partial charge in [0.2, 0.25) is 0 Å². The molecule has 0 aliphatic rings. The van der Waals surface area contributed by atoms with Crippen LogP contribution in [0.15, 0.2) is 97.8 Å². The molecule has 256 valence electrons. The number of nitrogens with one attached hydrogen (secondary N) is 1. The molecule has 0 atom stereocenters. The summed E-state index contributed by atoms with van der Waals surface area (Å²) >= 11 is 0. The van der Waals surface area contributed by atoms with Gasteiger partial charge in [0.25, 0.3) is 0 Å². The molecule has 2 aromatic carbocycles. The second-order valence-electron chi connectivity index (χ2n) is 9.71. The number of hydrogen-bond donors (Lipinski definition) is 1. The summed E-state index contributed by atoms with van der Waals surface area (Å²) in [5.41, 5.74) is 0.295. The Morgan fingerprint density at radius 2 is 1.38 bits per heavy atom. The van der Waals surface area contributed by atoms with E-state index in [1.54, 1.807) is 36.8 Å². The van der Waals surface area contributed by atoms with Crippen LogP contribution >= 0.6 is 0 Å². The molecule has 0 bridgehead atoms. The molecule has 0 aliphatic carbocycles. The largest absolute Gasteiger partial charge is 0.497 e. The van der Waals surface area contributed by atoms with Gasteiger partial charge in [-0.15, -0.1) is 11.5 Å². The molecule has 50 heavy (non-hydrogen) atoms. The maximum Gasteiger partial charge on any atom is 0.416 e. The first-order valence-corrected chi connectivity index (χ1v) is 14.2. The number of nitrogens with zero attached hydrogens (tertiary/aromatic N) is 7. The molecule has 0 spiro atoms. The van der Waals surface area contributed by atoms with Gasteiger partial charge in [0, 0.05) is 29.7 Å². The van der Waals surface area contributed by atoms with Gasteiger partial charge in [-0.1, -0.05) is 18.1 Å². The zero-order valence-electron chi connectivity index (χ0n) is 26.2. The Balaban J connectivity index is 0.000000192. The van der Waals surface area contributed by atoms with E-state index in [-0.39, 0.29) is 34.3 Å². The molecule has 6 aromatic rings. The van der Waals surface area contributed by atoms with Gasteiger partial charge in [-0.2, -0.15) is 31.4 Å². The predicted octanol–water partition coefficient (Wildman–Crippen LogP) is 7.56. The average Bonchev–Trinajstić information content (AvgIpc) is 3.85. The normalized spacial score (nSPS) is 11.1. The molecule has 4 aromatic heterocycles. The average molecular weight is 693 g/mol. The Bertz CT molecular complexity index is 2020. The first kappa shape index (κ1) is 36.3. The number of ether oxygens (including phenoxy) is 2. The number of aromatic amines is 1. The van der Waals surface area contributed by atoms with E-state index in [4.69, 9.17) is 15.9 Å². The van der Waals surface area contributed by atoms with Crippen molar-refractivity contribution in [2.75, 3.05) is 14.2 Å². The van der Waals surface area contributed by atoms with E-state index >= 15 is 0 Å². The fraction of sp³-hybridized carbons (Fsp3) is 0.118. The van der Waals surface area contributed by atoms with Gasteiger partial charge in [-0.05, 0) is 66.7 Å². The zero-order valence-corrected chi connectivity index (χ0v) is 26.2. The van der Waals surface area contributed by atoms with Crippen LogP contribution in [-0.4, -0.2) is 54.1 Å². The van der Waals surface area contributed by atoms with Crippen molar-refractivity contribution in [3.05, 3.63) is 120 Å². The van der Waals surface area contributed by atoms with E-state index in [0.717, 1.165) is 30.0 Å². The molecule has 0 aliphatic heterocycles. The van der Waals surface area contributed by atoms with Crippen LogP contribution in [0.2, 0.25) is 0 Å². The second kappa shape index (κ2) is 16.6. The number of terminal acetylenes is 1. The fourth-order valence-corrected chi connectivity index (χ4v) is 3.93. The van der Waals surface area contributed by atoms with Gasteiger partial charge in [-0.3, -0.25) is 10.1 Å². The Labute approximate surface area is 281 Å². The van der Waals surface area contributed by atoms with Crippen LogP contribution in [0.5, 0.6) is 11.5 Å². The summed E-state index contributed by atoms with van der Waals surface area (Å²) < 4.78 is 88.0. The van der Waals surface area contributed by atoms with E-state index in [1.165, 1.54) is 43.7 Å². The monoisotopic (exact) mass is 692 g/mol. The number of H-pyrrole nitrogens is 1. The first-order chi connectivity index (χ1) is 23.9. The third kappa shape index (κ3) is 10.5. The summed E-state index contributed by atoms with van der Waals surface area (Å²) in [6.45, 7) is 0. The molecule has 6 rings (SSSR count). The molecule has 1 N–H and O–H groups in total. The highest BCUT2D eigenvalue weighted by Crippen LogP contribution is 2.36. The lowest BCUT2D eigenvalue weighted by Crippen LogP contribution is -2.05. The van der Waals surface area contributed by atoms with E-state index in [9.17, 15) is 26.3 Å². The van der Waals surface area contributed by atoms with E-state index in [1.807, 2.05) is 24.3 Å². The lowest BCUT2D eigenvalue weighted by molar-refractivity contribution is -0.138. The van der Waals surface area contributed by atoms with Crippen LogP contribution in [0.3, 0.4) is 0 Å². The zero-order chi connectivity index (χ0) is 36.1. The molecule has 10 nitrogen and oxygen atoms in total. The van der Waals surface area contributed by atoms with Gasteiger partial charge in [-0.25, -0.2) is 19.6 Å². The highest BCUT2D eigenvalue weighted by Gasteiger charge is 2.32. The molecule has 0 unspecified atom stereocenters. The van der Waals surface area contributed by atoms with Crippen LogP contribution in [-0.2, 0) is 12.4 Å². The fourth-order valence-electron chi connectivity index (χ4n) is 3.93. The van der Waals surface area contributed by atoms with Crippen LogP contribution in [0.25, 0.3) is 35.1 Å². The Kier molecular flexibility index (Phi) is 12.0. The van der Waals surface area contributed by atoms with Gasteiger partial charge < -0.3 is 9.47 Å². The van der Waals surface area contributed by atoms with E-state index in [0.29, 0.717) is 5.69 Å². The van der Waals surface area contributed by atoms with Gasteiger partial charge in [0.15, 0.2) is 11.6 Å². The van der Waals surface area contributed by atoms with Gasteiger partial charge >= 0.3 is 12.4 Å². The standard InChI is InChI=1S/C17H13F3N4O.C10H8F3N3O.C7H5N/c1-25-15-9-12(8-13(10-15)17(18,19)20)16-22-11-24(23-16)7-5-14-4-2-3-6-21-14;1-17-8-3-6(9-14-5-15-16-9)2-7(4-8)10(11,12)13;1-2-7-5-3-4-6-8-7/h2-11H,1H3;2-5H,1H3,(H,14,15,16);1,3-6H/b7-5-;;. The molecule has 0 radical (unpaired) electrons. The number of alkyl halides is 6. The van der Waals surface area contributed by atoms with Crippen molar-refractivity contribution >= 4 is 12.3 Å². The molecule has 0 saturated carbocycles. The maximum atomic E-state index is 13.0. The Hall–Kier alpha value is -6.50. The number of benzene rings is 2. The first-order valence-electron chi connectivity index (χ1n) is 14.2. The van der Waals surface area contributed by atoms with Crippen molar-refractivity contribution in [3.63, 3.8) is 0 Å². The topological polar surface area (TPSA) is 117 Å². The number of pyridine rings is 2. The Morgan fingerprint density at radius 1 is 0.760 bits per heavy atom. The molecule has 0 saturated heterocycles. The quantitative estimate of drug-likeness (QED) is 0.141. The highest BCUT2D eigenvalue weighted by atomic mass is 19.4. The molecule has 16 heteroatoms. The third-order valence-electron chi connectivity index (χ3n) is 6.29. The second-order valence-corrected chi connectivity index (χ2v) is 9.71. The summed E-state index contributed by atoms with van der Waals surface area (Å²) in [4.78, 5) is 15.8. The minimum atomic E-state index is -4.48. The Morgan fingerprint density at radius 3 is 1.88 bits per heavy atom. The molecule has 0 fully saturated rings. The number of aromatic nitrogens is 8. The van der Waals surface area contributed by atoms with Crippen molar-refractivity contribution in [3.8, 4) is 46.6 Å². The minimum absolute atomic E-state index is 0.0882. The lowest BCUT2D eigenvalue weighted by atomic mass is 10.1. The van der Waals surface area contributed by atoms with Crippen molar-refractivity contribution in [2.24, 2.45) is 0 Å². The molecule has 4 heterocycles. The van der Waals surface area contributed by atoms with Crippen molar-refractivity contribution in [1.29, 1.82) is 0 Å². The summed E-state index contributed by atoms with van der Waals surface area (Å²) in [5.74, 6) is 3.04. The summed E-state index contributed by atoms with van der Waals surface area (Å²) in [6.07, 6.45) is 5.42. The number of hydrogen-bond acceptors (Lipinski definition) is 8. The number of rotatable bonds is 6. The van der Waals surface area contributed by atoms with E-state index < -0.39 is 23.5 Å². The van der Waals surface area contributed by atoms with Crippen LogP contribution < -0.4 is 9.47 Å². The van der Waals surface area contributed by atoms with Crippen LogP contribution in [0.1, 0.15) is 22.5 Å². The minimum Gasteiger partial charge on any atom is -0.497 e. The smallest absolute Gasteiger partial charge is 0.416 e. The summed E-state index contributed by atoms with van der Waals surface area (Å²) in [6, 6.07) is 17.7. The van der Waals surface area contributed by atoms with Crippen molar-refractivity contribution in [1.82, 2.24) is 39.9 Å². The predicted molar refractivity (Wildman–Crippen MR) is 172 cm³/mol. The third-order valence-corrected chi connectivity index (χ3v) is 6.29. The molecular weight excluding hydrogens is 666 g/mol. The van der Waals surface area contributed by atoms with Crippen LogP contribution in [0.4, 0.5) is 26.3 Å². The maximum absolute atomic E-state index is 13.0. The van der Waals surface area contributed by atoms with E-state index in [2.05, 4.69) is 41.2 Å². The lowest BCUT2D eigenvalue weighted by Gasteiger charge is -2.10. The van der Waals surface area contributed by atoms with Crippen molar-refractivity contribution < 1.29 is 35.8 Å².